The van der Waals surface area contributed by atoms with Crippen molar-refractivity contribution < 1.29 is 9.90 Å². The van der Waals surface area contributed by atoms with Gasteiger partial charge in [-0.05, 0) is 48.9 Å². The zero-order valence-electron chi connectivity index (χ0n) is 10.6. The van der Waals surface area contributed by atoms with Gasteiger partial charge in [0.1, 0.15) is 0 Å². The Hall–Kier alpha value is -1.35. The molecule has 3 nitrogen and oxygen atoms in total. The molecule has 1 aromatic rings. The van der Waals surface area contributed by atoms with Crippen LogP contribution in [0, 0.1) is 25.7 Å². The van der Waals surface area contributed by atoms with Gasteiger partial charge < -0.3 is 10.4 Å². The van der Waals surface area contributed by atoms with Crippen LogP contribution in [0.1, 0.15) is 30.0 Å². The first kappa shape index (κ1) is 12.1. The molecule has 0 spiro atoms. The summed E-state index contributed by atoms with van der Waals surface area (Å²) in [5, 5.41) is 12.2. The number of carbonyl (C=O) groups is 1. The average molecular weight is 233 g/mol. The maximum absolute atomic E-state index is 11.8. The largest absolute Gasteiger partial charge is 0.392 e. The van der Waals surface area contributed by atoms with Crippen molar-refractivity contribution in [1.29, 1.82) is 0 Å². The van der Waals surface area contributed by atoms with Crippen molar-refractivity contribution >= 4 is 11.6 Å². The lowest BCUT2D eigenvalue weighted by Gasteiger charge is -2.12. The van der Waals surface area contributed by atoms with E-state index in [0.29, 0.717) is 5.92 Å². The third kappa shape index (κ3) is 2.50. The molecule has 1 aliphatic carbocycles. The second-order valence-corrected chi connectivity index (χ2v) is 5.06. The van der Waals surface area contributed by atoms with Crippen LogP contribution in [0.2, 0.25) is 0 Å². The number of carbonyl (C=O) groups excluding carboxylic acids is 1. The Morgan fingerprint density at radius 1 is 1.41 bits per heavy atom. The van der Waals surface area contributed by atoms with E-state index in [4.69, 9.17) is 0 Å². The first-order valence-corrected chi connectivity index (χ1v) is 6.04. The second-order valence-electron chi connectivity index (χ2n) is 5.06. The Bertz CT molecular complexity index is 454. The van der Waals surface area contributed by atoms with Gasteiger partial charge in [0.05, 0.1) is 6.61 Å². The second kappa shape index (κ2) is 4.49. The summed E-state index contributed by atoms with van der Waals surface area (Å²) < 4.78 is 0. The highest BCUT2D eigenvalue weighted by molar-refractivity contribution is 5.95. The van der Waals surface area contributed by atoms with Crippen LogP contribution in [0.25, 0.3) is 0 Å². The van der Waals surface area contributed by atoms with E-state index in [1.807, 2.05) is 26.0 Å². The molecule has 1 aromatic carbocycles. The Balaban J connectivity index is 2.17. The fraction of sp³-hybridized carbons (Fsp3) is 0.500. The highest BCUT2D eigenvalue weighted by atomic mass is 16.3. The fourth-order valence-electron chi connectivity index (χ4n) is 2.11. The number of benzene rings is 1. The van der Waals surface area contributed by atoms with Gasteiger partial charge >= 0.3 is 0 Å². The Labute approximate surface area is 102 Å². The van der Waals surface area contributed by atoms with Crippen LogP contribution in [0.5, 0.6) is 0 Å². The summed E-state index contributed by atoms with van der Waals surface area (Å²) in [6.45, 7) is 6.04. The summed E-state index contributed by atoms with van der Waals surface area (Å²) in [5.41, 5.74) is 3.79. The minimum atomic E-state index is 0.00875. The smallest absolute Gasteiger partial charge is 0.227 e. The average Bonchev–Trinajstić information content (AvgIpc) is 2.99. The van der Waals surface area contributed by atoms with Crippen LogP contribution in [0.15, 0.2) is 12.1 Å². The third-order valence-corrected chi connectivity index (χ3v) is 3.56. The molecule has 0 aromatic heterocycles. The van der Waals surface area contributed by atoms with E-state index in [0.717, 1.165) is 28.8 Å². The number of hydrogen-bond donors (Lipinski definition) is 2. The molecular weight excluding hydrogens is 214 g/mol. The Morgan fingerprint density at radius 2 is 2.06 bits per heavy atom. The van der Waals surface area contributed by atoms with Gasteiger partial charge in [-0.15, -0.1) is 0 Å². The number of amides is 1. The molecule has 17 heavy (non-hydrogen) atoms. The number of nitrogens with one attached hydrogen (secondary N) is 1. The van der Waals surface area contributed by atoms with Gasteiger partial charge in [0.15, 0.2) is 0 Å². The predicted octanol–water partition coefficient (Wildman–Crippen LogP) is 2.39. The monoisotopic (exact) mass is 233 g/mol. The normalized spacial score (nSPS) is 22.4. The van der Waals surface area contributed by atoms with Crippen molar-refractivity contribution in [1.82, 2.24) is 0 Å². The minimum Gasteiger partial charge on any atom is -0.392 e. The van der Waals surface area contributed by atoms with Crippen molar-refractivity contribution in [3.8, 4) is 0 Å². The van der Waals surface area contributed by atoms with Crippen LogP contribution < -0.4 is 5.32 Å². The van der Waals surface area contributed by atoms with E-state index in [1.165, 1.54) is 0 Å². The van der Waals surface area contributed by atoms with Gasteiger partial charge in [-0.1, -0.05) is 13.0 Å². The maximum atomic E-state index is 11.8. The molecule has 1 aliphatic rings. The summed E-state index contributed by atoms with van der Waals surface area (Å²) in [6.07, 6.45) is 0.990. The summed E-state index contributed by atoms with van der Waals surface area (Å²) >= 11 is 0. The molecule has 92 valence electrons. The topological polar surface area (TPSA) is 49.3 Å². The van der Waals surface area contributed by atoms with Crippen LogP contribution in [0.4, 0.5) is 5.69 Å². The molecule has 2 atom stereocenters. The lowest BCUT2D eigenvalue weighted by Crippen LogP contribution is -2.15. The fourth-order valence-corrected chi connectivity index (χ4v) is 2.11. The number of aliphatic hydroxyl groups is 1. The zero-order valence-corrected chi connectivity index (χ0v) is 10.6. The number of aliphatic hydroxyl groups excluding tert-OH is 1. The van der Waals surface area contributed by atoms with Gasteiger partial charge in [0.25, 0.3) is 0 Å². The molecule has 0 heterocycles. The van der Waals surface area contributed by atoms with E-state index in [-0.39, 0.29) is 18.4 Å². The number of rotatable bonds is 3. The summed E-state index contributed by atoms with van der Waals surface area (Å²) in [6, 6.07) is 3.87. The summed E-state index contributed by atoms with van der Waals surface area (Å²) in [4.78, 5) is 11.8. The highest BCUT2D eigenvalue weighted by Crippen LogP contribution is 2.38. The molecule has 1 saturated carbocycles. The van der Waals surface area contributed by atoms with E-state index < -0.39 is 0 Å². The van der Waals surface area contributed by atoms with E-state index in [2.05, 4.69) is 12.2 Å². The molecule has 0 bridgehead atoms. The van der Waals surface area contributed by atoms with E-state index in [1.54, 1.807) is 0 Å². The molecule has 0 saturated heterocycles. The van der Waals surface area contributed by atoms with Crippen LogP contribution in [0.3, 0.4) is 0 Å². The third-order valence-electron chi connectivity index (χ3n) is 3.56. The molecule has 1 fully saturated rings. The van der Waals surface area contributed by atoms with Gasteiger partial charge in [-0.2, -0.15) is 0 Å². The molecule has 2 N–H and O–H groups in total. The Kier molecular flexibility index (Phi) is 3.20. The van der Waals surface area contributed by atoms with Crippen LogP contribution in [-0.4, -0.2) is 11.0 Å². The first-order valence-electron chi connectivity index (χ1n) is 6.04. The molecule has 0 aliphatic heterocycles. The zero-order chi connectivity index (χ0) is 12.6. The first-order chi connectivity index (χ1) is 8.02. The number of hydrogen-bond acceptors (Lipinski definition) is 2. The van der Waals surface area contributed by atoms with Gasteiger partial charge in [0.2, 0.25) is 5.91 Å². The van der Waals surface area contributed by atoms with Crippen LogP contribution >= 0.6 is 0 Å². The van der Waals surface area contributed by atoms with E-state index >= 15 is 0 Å². The van der Waals surface area contributed by atoms with Crippen molar-refractivity contribution in [2.75, 3.05) is 5.32 Å². The van der Waals surface area contributed by atoms with Gasteiger partial charge in [-0.3, -0.25) is 4.79 Å². The molecule has 1 amide bonds. The standard InChI is InChI=1S/C14H19NO2/c1-8-4-10(3)13(6-11(8)7-16)15-14(17)12-5-9(12)2/h4,6,9,12,16H,5,7H2,1-3H3,(H,15,17)/t9-,12-/m1/s1. The van der Waals surface area contributed by atoms with Crippen molar-refractivity contribution in [2.45, 2.75) is 33.8 Å². The predicted molar refractivity (Wildman–Crippen MR) is 67.7 cm³/mol. The van der Waals surface area contributed by atoms with E-state index in [9.17, 15) is 9.90 Å². The van der Waals surface area contributed by atoms with Gasteiger partial charge in [0, 0.05) is 11.6 Å². The van der Waals surface area contributed by atoms with Crippen molar-refractivity contribution in [3.05, 3.63) is 28.8 Å². The van der Waals surface area contributed by atoms with Gasteiger partial charge in [-0.25, -0.2) is 0 Å². The quantitative estimate of drug-likeness (QED) is 0.842. The van der Waals surface area contributed by atoms with Crippen molar-refractivity contribution in [2.24, 2.45) is 11.8 Å². The summed E-state index contributed by atoms with van der Waals surface area (Å²) in [5.74, 6) is 0.791. The number of aryl methyl sites for hydroxylation is 2. The molecule has 0 unspecified atom stereocenters. The highest BCUT2D eigenvalue weighted by Gasteiger charge is 2.39. The lowest BCUT2D eigenvalue weighted by atomic mass is 10.0. The Morgan fingerprint density at radius 3 is 2.59 bits per heavy atom. The molecular formula is C14H19NO2. The maximum Gasteiger partial charge on any atom is 0.227 e. The molecule has 0 radical (unpaired) electrons. The molecule has 2 rings (SSSR count). The minimum absolute atomic E-state index is 0.00875. The molecule has 3 heteroatoms. The summed E-state index contributed by atoms with van der Waals surface area (Å²) in [7, 11) is 0. The number of anilines is 1. The van der Waals surface area contributed by atoms with Crippen molar-refractivity contribution in [3.63, 3.8) is 0 Å². The lowest BCUT2D eigenvalue weighted by molar-refractivity contribution is -0.117. The van der Waals surface area contributed by atoms with Crippen LogP contribution in [-0.2, 0) is 11.4 Å². The SMILES string of the molecule is Cc1cc(C)c(NC(=O)[C@@H]2C[C@H]2C)cc1CO.